The highest BCUT2D eigenvalue weighted by Crippen LogP contribution is 2.34. The van der Waals surface area contributed by atoms with Gasteiger partial charge in [0.1, 0.15) is 33.5 Å². The van der Waals surface area contributed by atoms with Crippen LogP contribution in [0.2, 0.25) is 0 Å². The molecule has 0 unspecified atom stereocenters. The van der Waals surface area contributed by atoms with E-state index in [2.05, 4.69) is 15.5 Å². The van der Waals surface area contributed by atoms with Crippen LogP contribution in [-0.4, -0.2) is 49.3 Å². The average molecular weight is 573 g/mol. The molecule has 0 aliphatic rings. The summed E-state index contributed by atoms with van der Waals surface area (Å²) >= 11 is 1.17. The molecule has 0 spiro atoms. The predicted molar refractivity (Wildman–Crippen MR) is 150 cm³/mol. The minimum Gasteiger partial charge on any atom is -0.496 e. The topological polar surface area (TPSA) is 122 Å². The zero-order valence-corrected chi connectivity index (χ0v) is 24.3. The van der Waals surface area contributed by atoms with Crippen molar-refractivity contribution in [1.82, 2.24) is 29.4 Å². The van der Waals surface area contributed by atoms with Crippen LogP contribution in [0, 0.1) is 12.7 Å². The minimum absolute atomic E-state index is 0.0853. The van der Waals surface area contributed by atoms with E-state index < -0.39 is 35.1 Å². The molecule has 0 saturated carbocycles. The van der Waals surface area contributed by atoms with E-state index in [1.807, 2.05) is 13.8 Å². The molecule has 0 saturated heterocycles. The first kappa shape index (κ1) is 29.2. The zero-order valence-electron chi connectivity index (χ0n) is 23.5. The molecule has 0 bridgehead atoms. The number of thiophene rings is 1. The third kappa shape index (κ3) is 5.56. The van der Waals surface area contributed by atoms with Crippen molar-refractivity contribution in [2.75, 3.05) is 7.11 Å². The molecular formula is C27H33FN6O5S. The second-order valence-electron chi connectivity index (χ2n) is 10.00. The normalized spacial score (nSPS) is 13.2. The van der Waals surface area contributed by atoms with Crippen molar-refractivity contribution in [1.29, 1.82) is 0 Å². The summed E-state index contributed by atoms with van der Waals surface area (Å²) in [6, 6.07) is 2.79. The number of nitrogens with zero attached hydrogens (tertiary/aromatic N) is 5. The minimum atomic E-state index is -1.10. The van der Waals surface area contributed by atoms with Crippen LogP contribution < -0.4 is 21.3 Å². The second-order valence-corrected chi connectivity index (χ2v) is 11.0. The third-order valence-corrected chi connectivity index (χ3v) is 7.62. The van der Waals surface area contributed by atoms with E-state index in [0.717, 1.165) is 4.57 Å². The van der Waals surface area contributed by atoms with Crippen LogP contribution in [0.3, 0.4) is 0 Å². The van der Waals surface area contributed by atoms with Crippen LogP contribution in [0.1, 0.15) is 57.9 Å². The smallest absolute Gasteiger partial charge is 0.332 e. The summed E-state index contributed by atoms with van der Waals surface area (Å²) in [6.45, 7) is 10.4. The van der Waals surface area contributed by atoms with Crippen molar-refractivity contribution in [3.63, 3.8) is 0 Å². The molecule has 0 radical (unpaired) electrons. The van der Waals surface area contributed by atoms with E-state index in [9.17, 15) is 18.8 Å². The first-order valence-electron chi connectivity index (χ1n) is 12.9. The molecule has 0 aliphatic carbocycles. The van der Waals surface area contributed by atoms with E-state index in [-0.39, 0.29) is 24.1 Å². The Morgan fingerprint density at radius 1 is 1.12 bits per heavy atom. The Balaban J connectivity index is 2.01. The number of aromatic nitrogens is 5. The summed E-state index contributed by atoms with van der Waals surface area (Å²) in [5.74, 6) is -0.574. The lowest BCUT2D eigenvalue weighted by Crippen LogP contribution is -2.47. The molecule has 3 aromatic heterocycles. The molecule has 1 amide bonds. The maximum atomic E-state index is 14.4. The van der Waals surface area contributed by atoms with Crippen molar-refractivity contribution in [2.45, 2.75) is 72.4 Å². The van der Waals surface area contributed by atoms with Crippen molar-refractivity contribution >= 4 is 27.5 Å². The number of amides is 1. The third-order valence-electron chi connectivity index (χ3n) is 6.34. The number of hydrogen-bond acceptors (Lipinski definition) is 8. The first-order chi connectivity index (χ1) is 18.9. The van der Waals surface area contributed by atoms with Crippen LogP contribution in [0.4, 0.5) is 4.39 Å². The lowest BCUT2D eigenvalue weighted by molar-refractivity contribution is -0.124. The van der Waals surface area contributed by atoms with Crippen LogP contribution in [0.15, 0.2) is 40.2 Å². The zero-order chi connectivity index (χ0) is 29.3. The Morgan fingerprint density at radius 3 is 2.40 bits per heavy atom. The van der Waals surface area contributed by atoms with Gasteiger partial charge in [0.05, 0.1) is 37.5 Å². The first-order valence-corrected chi connectivity index (χ1v) is 13.7. The molecular weight excluding hydrogens is 539 g/mol. The average Bonchev–Trinajstić information content (AvgIpc) is 3.53. The summed E-state index contributed by atoms with van der Waals surface area (Å²) in [5, 5.41) is 12.0. The molecule has 4 rings (SSSR count). The van der Waals surface area contributed by atoms with Gasteiger partial charge < -0.3 is 14.8 Å². The standard InChI is InChI=1S/C27H33FN6O5S/c1-14(2)31-23(35)17(6)33-24(36)22-16(5)25(34-29-10-11-30-34)40-26(22)32(27(33)37)13-21(39-15(3)4)19-12-18(28)8-9-20(19)38-7/h8-12,14-15,17,21H,13H2,1-7H3,(H,31,35)/t17-,21-/m0/s1. The molecule has 3 heterocycles. The summed E-state index contributed by atoms with van der Waals surface area (Å²) in [5.41, 5.74) is -0.330. The summed E-state index contributed by atoms with van der Waals surface area (Å²) in [7, 11) is 1.47. The van der Waals surface area contributed by atoms with Gasteiger partial charge in [-0.1, -0.05) is 11.3 Å². The van der Waals surface area contributed by atoms with Crippen molar-refractivity contribution in [3.8, 4) is 10.8 Å². The highest BCUT2D eigenvalue weighted by atomic mass is 32.1. The van der Waals surface area contributed by atoms with Gasteiger partial charge in [-0.25, -0.2) is 13.8 Å². The number of nitrogens with one attached hydrogen (secondary N) is 1. The number of fused-ring (bicyclic) bond motifs is 1. The van der Waals surface area contributed by atoms with Crippen molar-refractivity contribution in [3.05, 3.63) is 68.4 Å². The Labute approximate surface area is 234 Å². The number of methoxy groups -OCH3 is 1. The van der Waals surface area contributed by atoms with Gasteiger partial charge in [-0.3, -0.25) is 14.2 Å². The Bertz CT molecular complexity index is 1640. The van der Waals surface area contributed by atoms with Gasteiger partial charge in [0, 0.05) is 17.2 Å². The lowest BCUT2D eigenvalue weighted by Gasteiger charge is -2.25. The van der Waals surface area contributed by atoms with Crippen LogP contribution in [0.5, 0.6) is 5.75 Å². The van der Waals surface area contributed by atoms with Gasteiger partial charge in [-0.2, -0.15) is 10.2 Å². The molecule has 40 heavy (non-hydrogen) atoms. The van der Waals surface area contributed by atoms with Crippen LogP contribution >= 0.6 is 11.3 Å². The lowest BCUT2D eigenvalue weighted by atomic mass is 10.1. The SMILES string of the molecule is COc1ccc(F)cc1[C@H](Cn1c(=O)n([C@@H](C)C(=O)NC(C)C)c(=O)c2c(C)c(-n3nccn3)sc21)OC(C)C. The molecule has 2 atom stereocenters. The Kier molecular flexibility index (Phi) is 8.54. The molecule has 0 aliphatic heterocycles. The maximum Gasteiger partial charge on any atom is 0.332 e. The number of hydrogen-bond donors (Lipinski definition) is 1. The van der Waals surface area contributed by atoms with Crippen LogP contribution in [-0.2, 0) is 16.1 Å². The fraction of sp³-hybridized carbons (Fsp3) is 0.444. The number of halogens is 1. The fourth-order valence-corrected chi connectivity index (χ4v) is 5.77. The van der Waals surface area contributed by atoms with E-state index >= 15 is 0 Å². The fourth-order valence-electron chi connectivity index (χ4n) is 4.55. The van der Waals surface area contributed by atoms with E-state index in [4.69, 9.17) is 9.47 Å². The summed E-state index contributed by atoms with van der Waals surface area (Å²) in [4.78, 5) is 42.6. The Hall–Kier alpha value is -3.84. The summed E-state index contributed by atoms with van der Waals surface area (Å²) in [6.07, 6.45) is 1.90. The van der Waals surface area contributed by atoms with E-state index in [1.54, 1.807) is 20.8 Å². The molecule has 214 valence electrons. The molecule has 4 aromatic rings. The highest BCUT2D eigenvalue weighted by Gasteiger charge is 2.29. The number of benzene rings is 1. The van der Waals surface area contributed by atoms with E-state index in [0.29, 0.717) is 26.7 Å². The van der Waals surface area contributed by atoms with Gasteiger partial charge in [0.2, 0.25) is 5.91 Å². The quantitative estimate of drug-likeness (QED) is 0.309. The maximum absolute atomic E-state index is 14.4. The molecule has 1 aromatic carbocycles. The van der Waals surface area contributed by atoms with Gasteiger partial charge >= 0.3 is 5.69 Å². The second kappa shape index (κ2) is 11.7. The monoisotopic (exact) mass is 572 g/mol. The molecule has 0 fully saturated rings. The summed E-state index contributed by atoms with van der Waals surface area (Å²) < 4.78 is 28.4. The van der Waals surface area contributed by atoms with Gasteiger partial charge in [0.15, 0.2) is 0 Å². The van der Waals surface area contributed by atoms with Crippen LogP contribution in [0.25, 0.3) is 15.2 Å². The van der Waals surface area contributed by atoms with Gasteiger partial charge in [-0.05, 0) is 59.7 Å². The molecule has 11 nitrogen and oxygen atoms in total. The van der Waals surface area contributed by atoms with Gasteiger partial charge in [0.25, 0.3) is 5.56 Å². The van der Waals surface area contributed by atoms with Gasteiger partial charge in [-0.15, -0.1) is 4.80 Å². The highest BCUT2D eigenvalue weighted by molar-refractivity contribution is 7.21. The molecule has 13 heteroatoms. The number of ether oxygens (including phenoxy) is 2. The van der Waals surface area contributed by atoms with E-state index in [1.165, 1.54) is 65.3 Å². The Morgan fingerprint density at radius 2 is 1.80 bits per heavy atom. The number of rotatable bonds is 10. The largest absolute Gasteiger partial charge is 0.496 e. The predicted octanol–water partition coefficient (Wildman–Crippen LogP) is 3.51. The number of aryl methyl sites for hydroxylation is 1. The number of carbonyl (C=O) groups is 1. The van der Waals surface area contributed by atoms with Crippen molar-refractivity contribution < 1.29 is 18.7 Å². The molecule has 1 N–H and O–H groups in total. The van der Waals surface area contributed by atoms with Crippen molar-refractivity contribution in [2.24, 2.45) is 0 Å². The number of carbonyl (C=O) groups excluding carboxylic acids is 1.